The maximum atomic E-state index is 11.6. The highest BCUT2D eigenvalue weighted by Gasteiger charge is 2.38. The van der Waals surface area contributed by atoms with Crippen molar-refractivity contribution in [3.8, 4) is 0 Å². The second kappa shape index (κ2) is 4.91. The van der Waals surface area contributed by atoms with Gasteiger partial charge in [-0.3, -0.25) is 4.90 Å². The molecule has 0 aliphatic carbocycles. The van der Waals surface area contributed by atoms with Gasteiger partial charge in [0.15, 0.2) is 6.04 Å². The maximum Gasteiger partial charge on any atom is 0.411 e. The molecular weight excluding hydrogens is 246 g/mol. The Bertz CT molecular complexity index is 538. The van der Waals surface area contributed by atoms with Crippen molar-refractivity contribution in [2.75, 3.05) is 6.61 Å². The van der Waals surface area contributed by atoms with Gasteiger partial charge in [0.2, 0.25) is 0 Å². The Balaban J connectivity index is 2.27. The summed E-state index contributed by atoms with van der Waals surface area (Å²) in [4.78, 5) is 23.9. The molecule has 1 N–H and O–H groups in total. The normalized spacial score (nSPS) is 18.6. The Morgan fingerprint density at radius 1 is 1.32 bits per heavy atom. The number of carboxylic acid groups (broad SMARTS) is 1. The summed E-state index contributed by atoms with van der Waals surface area (Å²) in [5.74, 6) is -1.03. The van der Waals surface area contributed by atoms with Crippen molar-refractivity contribution in [2.45, 2.75) is 33.4 Å². The van der Waals surface area contributed by atoms with Crippen LogP contribution in [0.5, 0.6) is 0 Å². The summed E-state index contributed by atoms with van der Waals surface area (Å²) in [5, 5.41) is 9.07. The lowest BCUT2D eigenvalue weighted by Gasteiger charge is -2.20. The third-order valence-electron chi connectivity index (χ3n) is 3.55. The van der Waals surface area contributed by atoms with Crippen molar-refractivity contribution in [1.29, 1.82) is 0 Å². The van der Waals surface area contributed by atoms with E-state index >= 15 is 0 Å². The van der Waals surface area contributed by atoms with Crippen LogP contribution in [0.3, 0.4) is 0 Å². The van der Waals surface area contributed by atoms with Crippen molar-refractivity contribution in [3.63, 3.8) is 0 Å². The van der Waals surface area contributed by atoms with Gasteiger partial charge < -0.3 is 9.84 Å². The van der Waals surface area contributed by atoms with Crippen LogP contribution in [0.4, 0.5) is 4.79 Å². The Labute approximate surface area is 111 Å². The fraction of sp³-hybridized carbons (Fsp3) is 0.429. The van der Waals surface area contributed by atoms with Crippen LogP contribution in [-0.4, -0.2) is 34.7 Å². The molecule has 1 aromatic carbocycles. The number of hydrogen-bond donors (Lipinski definition) is 1. The quantitative estimate of drug-likeness (QED) is 0.906. The van der Waals surface area contributed by atoms with Gasteiger partial charge >= 0.3 is 12.1 Å². The molecule has 0 spiro atoms. The minimum Gasteiger partial charge on any atom is -0.480 e. The summed E-state index contributed by atoms with van der Waals surface area (Å²) < 4.78 is 4.81. The molecule has 0 bridgehead atoms. The second-order valence-electron chi connectivity index (χ2n) is 4.92. The Morgan fingerprint density at radius 3 is 2.58 bits per heavy atom. The lowest BCUT2D eigenvalue weighted by atomic mass is 10.0. The molecule has 1 amide bonds. The van der Waals surface area contributed by atoms with E-state index in [-0.39, 0.29) is 13.2 Å². The molecule has 1 aliphatic rings. The second-order valence-corrected chi connectivity index (χ2v) is 4.92. The number of ether oxygens (including phenoxy) is 1. The molecular formula is C14H17NO4. The summed E-state index contributed by atoms with van der Waals surface area (Å²) in [7, 11) is 0. The smallest absolute Gasteiger partial charge is 0.411 e. The van der Waals surface area contributed by atoms with Crippen LogP contribution in [0.1, 0.15) is 22.3 Å². The van der Waals surface area contributed by atoms with E-state index < -0.39 is 18.1 Å². The van der Waals surface area contributed by atoms with Crippen LogP contribution in [0.2, 0.25) is 0 Å². The molecule has 102 valence electrons. The molecule has 1 saturated heterocycles. The van der Waals surface area contributed by atoms with E-state index in [0.29, 0.717) is 0 Å². The van der Waals surface area contributed by atoms with Gasteiger partial charge in [-0.15, -0.1) is 0 Å². The number of cyclic esters (lactones) is 1. The molecule has 19 heavy (non-hydrogen) atoms. The Kier molecular flexibility index (Phi) is 3.46. The summed E-state index contributed by atoms with van der Waals surface area (Å²) in [6.45, 7) is 6.16. The minimum atomic E-state index is -1.03. The standard InChI is InChI=1S/C14H17NO4/c1-8-4-10(3)11(5-9(8)2)6-15-12(13(16)17)7-19-14(15)18/h4-5,12H,6-7H2,1-3H3,(H,16,17). The minimum absolute atomic E-state index is 0.0853. The molecule has 1 unspecified atom stereocenters. The summed E-state index contributed by atoms with van der Waals surface area (Å²) >= 11 is 0. The highest BCUT2D eigenvalue weighted by atomic mass is 16.6. The number of hydrogen-bond acceptors (Lipinski definition) is 3. The Morgan fingerprint density at radius 2 is 1.95 bits per heavy atom. The molecule has 5 nitrogen and oxygen atoms in total. The molecule has 2 rings (SSSR count). The van der Waals surface area contributed by atoms with E-state index in [1.807, 2.05) is 32.9 Å². The summed E-state index contributed by atoms with van der Waals surface area (Å²) in [5.41, 5.74) is 4.31. The van der Waals surface area contributed by atoms with Crippen molar-refractivity contribution in [1.82, 2.24) is 4.90 Å². The number of rotatable bonds is 3. The molecule has 0 saturated carbocycles. The highest BCUT2D eigenvalue weighted by Crippen LogP contribution is 2.21. The topological polar surface area (TPSA) is 66.8 Å². The zero-order chi connectivity index (χ0) is 14.2. The van der Waals surface area contributed by atoms with E-state index in [2.05, 4.69) is 0 Å². The Hall–Kier alpha value is -2.04. The predicted molar refractivity (Wildman–Crippen MR) is 69.0 cm³/mol. The van der Waals surface area contributed by atoms with E-state index in [9.17, 15) is 9.59 Å². The van der Waals surface area contributed by atoms with Gasteiger partial charge in [-0.1, -0.05) is 12.1 Å². The van der Waals surface area contributed by atoms with Gasteiger partial charge in [-0.05, 0) is 43.0 Å². The number of benzene rings is 1. The van der Waals surface area contributed by atoms with Gasteiger partial charge in [0.05, 0.1) is 6.54 Å². The van der Waals surface area contributed by atoms with Crippen LogP contribution in [0.15, 0.2) is 12.1 Å². The zero-order valence-electron chi connectivity index (χ0n) is 11.3. The average Bonchev–Trinajstić information content (AvgIpc) is 2.68. The molecule has 1 heterocycles. The van der Waals surface area contributed by atoms with E-state index in [4.69, 9.17) is 9.84 Å². The van der Waals surface area contributed by atoms with Crippen molar-refractivity contribution >= 4 is 12.1 Å². The van der Waals surface area contributed by atoms with Gasteiger partial charge in [-0.2, -0.15) is 0 Å². The lowest BCUT2D eigenvalue weighted by Crippen LogP contribution is -2.39. The van der Waals surface area contributed by atoms with E-state index in [0.717, 1.165) is 16.7 Å². The monoisotopic (exact) mass is 263 g/mol. The first-order chi connectivity index (χ1) is 8.90. The van der Waals surface area contributed by atoms with Crippen LogP contribution >= 0.6 is 0 Å². The van der Waals surface area contributed by atoms with Gasteiger partial charge in [0.1, 0.15) is 6.61 Å². The number of carbonyl (C=O) groups excluding carboxylic acids is 1. The number of carboxylic acids is 1. The first-order valence-electron chi connectivity index (χ1n) is 6.13. The SMILES string of the molecule is Cc1cc(C)c(CN2C(=O)OCC2C(=O)O)cc1C. The maximum absolute atomic E-state index is 11.6. The molecule has 1 aromatic rings. The number of carbonyl (C=O) groups is 2. The van der Waals surface area contributed by atoms with E-state index in [1.165, 1.54) is 10.5 Å². The van der Waals surface area contributed by atoms with E-state index in [1.54, 1.807) is 0 Å². The fourth-order valence-electron chi connectivity index (χ4n) is 2.20. The molecule has 1 fully saturated rings. The van der Waals surface area contributed by atoms with Gasteiger partial charge in [-0.25, -0.2) is 9.59 Å². The number of aliphatic carboxylic acids is 1. The fourth-order valence-corrected chi connectivity index (χ4v) is 2.20. The van der Waals surface area contributed by atoms with Crippen LogP contribution < -0.4 is 0 Å². The van der Waals surface area contributed by atoms with Crippen LogP contribution in [0.25, 0.3) is 0 Å². The van der Waals surface area contributed by atoms with Crippen molar-refractivity contribution < 1.29 is 19.4 Å². The molecule has 5 heteroatoms. The predicted octanol–water partition coefficient (Wildman–Crippen LogP) is 2.02. The number of amides is 1. The first-order valence-corrected chi connectivity index (χ1v) is 6.13. The largest absolute Gasteiger partial charge is 0.480 e. The summed E-state index contributed by atoms with van der Waals surface area (Å²) in [6.07, 6.45) is -0.565. The van der Waals surface area contributed by atoms with Gasteiger partial charge in [0.25, 0.3) is 0 Å². The average molecular weight is 263 g/mol. The summed E-state index contributed by atoms with van der Waals surface area (Å²) in [6, 6.07) is 3.14. The van der Waals surface area contributed by atoms with Crippen LogP contribution in [-0.2, 0) is 16.1 Å². The van der Waals surface area contributed by atoms with Crippen LogP contribution in [0, 0.1) is 20.8 Å². The van der Waals surface area contributed by atoms with Gasteiger partial charge in [0, 0.05) is 0 Å². The molecule has 0 radical (unpaired) electrons. The number of aryl methyl sites for hydroxylation is 3. The molecule has 1 aliphatic heterocycles. The highest BCUT2D eigenvalue weighted by molar-refractivity contribution is 5.82. The third kappa shape index (κ3) is 2.54. The van der Waals surface area contributed by atoms with Crippen molar-refractivity contribution in [2.24, 2.45) is 0 Å². The molecule has 1 atom stereocenters. The lowest BCUT2D eigenvalue weighted by molar-refractivity contribution is -0.141. The first kappa shape index (κ1) is 13.4. The zero-order valence-corrected chi connectivity index (χ0v) is 11.3. The molecule has 0 aromatic heterocycles. The van der Waals surface area contributed by atoms with Crippen molar-refractivity contribution in [3.05, 3.63) is 34.4 Å². The number of nitrogens with zero attached hydrogens (tertiary/aromatic N) is 1. The third-order valence-corrected chi connectivity index (χ3v) is 3.55.